The molecule has 132 valence electrons. The van der Waals surface area contributed by atoms with Crippen molar-refractivity contribution < 1.29 is 14.3 Å². The summed E-state index contributed by atoms with van der Waals surface area (Å²) in [7, 11) is 1.51. The molecule has 6 nitrogen and oxygen atoms in total. The van der Waals surface area contributed by atoms with Crippen LogP contribution in [0.15, 0.2) is 42.5 Å². The molecular formula is C19H16ClN3O3. The van der Waals surface area contributed by atoms with Crippen molar-refractivity contribution in [2.75, 3.05) is 23.9 Å². The second-order valence-corrected chi connectivity index (χ2v) is 6.34. The number of nitrogens with zero attached hydrogens (tertiary/aromatic N) is 2. The first-order chi connectivity index (χ1) is 12.5. The van der Waals surface area contributed by atoms with Gasteiger partial charge in [-0.15, -0.1) is 0 Å². The Labute approximate surface area is 155 Å². The van der Waals surface area contributed by atoms with Crippen LogP contribution in [0, 0.1) is 17.2 Å². The number of hydrogen-bond acceptors (Lipinski definition) is 4. The van der Waals surface area contributed by atoms with Gasteiger partial charge >= 0.3 is 0 Å². The van der Waals surface area contributed by atoms with E-state index in [9.17, 15) is 9.59 Å². The number of nitriles is 1. The minimum absolute atomic E-state index is 0.0967. The van der Waals surface area contributed by atoms with Crippen molar-refractivity contribution in [2.45, 2.75) is 6.42 Å². The van der Waals surface area contributed by atoms with Crippen LogP contribution < -0.4 is 15.0 Å². The summed E-state index contributed by atoms with van der Waals surface area (Å²) >= 11 is 6.04. The molecule has 2 aromatic rings. The highest BCUT2D eigenvalue weighted by Crippen LogP contribution is 2.35. The highest BCUT2D eigenvalue weighted by atomic mass is 35.5. The second kappa shape index (κ2) is 7.46. The van der Waals surface area contributed by atoms with Crippen molar-refractivity contribution in [2.24, 2.45) is 5.92 Å². The molecule has 1 heterocycles. The maximum absolute atomic E-state index is 12.5. The average molecular weight is 370 g/mol. The Bertz CT molecular complexity index is 907. The summed E-state index contributed by atoms with van der Waals surface area (Å²) in [5.74, 6) is -0.420. The van der Waals surface area contributed by atoms with Gasteiger partial charge in [0.2, 0.25) is 11.8 Å². The molecule has 1 aliphatic rings. The van der Waals surface area contributed by atoms with Crippen molar-refractivity contribution in [1.82, 2.24) is 0 Å². The standard InChI is InChI=1S/C19H16ClN3O3/c1-26-17-6-5-14(20)9-16(17)23-11-13(8-18(23)24)19(25)22-15-4-2-3-12(7-15)10-21/h2-7,9,13H,8,11H2,1H3,(H,22,25). The largest absolute Gasteiger partial charge is 0.495 e. The Hall–Kier alpha value is -3.04. The zero-order chi connectivity index (χ0) is 18.7. The monoisotopic (exact) mass is 369 g/mol. The normalized spacial score (nSPS) is 16.3. The molecular weight excluding hydrogens is 354 g/mol. The fourth-order valence-electron chi connectivity index (χ4n) is 2.90. The van der Waals surface area contributed by atoms with E-state index in [2.05, 4.69) is 5.32 Å². The molecule has 0 aromatic heterocycles. The summed E-state index contributed by atoms with van der Waals surface area (Å²) in [6, 6.07) is 13.7. The Morgan fingerprint density at radius 3 is 2.88 bits per heavy atom. The highest BCUT2D eigenvalue weighted by molar-refractivity contribution is 6.31. The number of methoxy groups -OCH3 is 1. The SMILES string of the molecule is COc1ccc(Cl)cc1N1CC(C(=O)Nc2cccc(C#N)c2)CC1=O. The third-order valence-electron chi connectivity index (χ3n) is 4.19. The lowest BCUT2D eigenvalue weighted by Crippen LogP contribution is -2.28. The maximum Gasteiger partial charge on any atom is 0.229 e. The Morgan fingerprint density at radius 1 is 1.35 bits per heavy atom. The first-order valence-electron chi connectivity index (χ1n) is 7.96. The van der Waals surface area contributed by atoms with Gasteiger partial charge in [-0.05, 0) is 36.4 Å². The molecule has 3 rings (SSSR count). The fourth-order valence-corrected chi connectivity index (χ4v) is 3.07. The van der Waals surface area contributed by atoms with E-state index in [1.54, 1.807) is 42.5 Å². The number of carbonyl (C=O) groups is 2. The number of ether oxygens (including phenoxy) is 1. The number of hydrogen-bond donors (Lipinski definition) is 1. The van der Waals surface area contributed by atoms with E-state index in [0.29, 0.717) is 27.7 Å². The molecule has 26 heavy (non-hydrogen) atoms. The molecule has 1 fully saturated rings. The van der Waals surface area contributed by atoms with Crippen LogP contribution in [0.25, 0.3) is 0 Å². The highest BCUT2D eigenvalue weighted by Gasteiger charge is 2.36. The van der Waals surface area contributed by atoms with Gasteiger partial charge in [-0.2, -0.15) is 5.26 Å². The molecule has 2 aromatic carbocycles. The van der Waals surface area contributed by atoms with Gasteiger partial charge in [0.05, 0.1) is 30.3 Å². The van der Waals surface area contributed by atoms with E-state index in [-0.39, 0.29) is 24.8 Å². The minimum Gasteiger partial charge on any atom is -0.495 e. The number of amides is 2. The maximum atomic E-state index is 12.5. The third kappa shape index (κ3) is 3.63. The second-order valence-electron chi connectivity index (χ2n) is 5.90. The van der Waals surface area contributed by atoms with Crippen LogP contribution >= 0.6 is 11.6 Å². The molecule has 1 aliphatic heterocycles. The molecule has 7 heteroatoms. The first-order valence-corrected chi connectivity index (χ1v) is 8.34. The van der Waals surface area contributed by atoms with Gasteiger partial charge in [-0.1, -0.05) is 17.7 Å². The van der Waals surface area contributed by atoms with Gasteiger partial charge in [0.1, 0.15) is 5.75 Å². The molecule has 0 spiro atoms. The van der Waals surface area contributed by atoms with Crippen LogP contribution in [-0.4, -0.2) is 25.5 Å². The van der Waals surface area contributed by atoms with Gasteiger partial charge in [0.15, 0.2) is 0 Å². The number of carbonyl (C=O) groups excluding carboxylic acids is 2. The van der Waals surface area contributed by atoms with E-state index in [0.717, 1.165) is 0 Å². The van der Waals surface area contributed by atoms with Gasteiger partial charge in [0, 0.05) is 23.7 Å². The number of halogens is 1. The smallest absolute Gasteiger partial charge is 0.229 e. The molecule has 0 aliphatic carbocycles. The van der Waals surface area contributed by atoms with Crippen LogP contribution in [0.1, 0.15) is 12.0 Å². The summed E-state index contributed by atoms with van der Waals surface area (Å²) in [6.07, 6.45) is 0.0967. The molecule has 1 atom stereocenters. The Morgan fingerprint density at radius 2 is 2.15 bits per heavy atom. The number of nitrogens with one attached hydrogen (secondary N) is 1. The van der Waals surface area contributed by atoms with Crippen LogP contribution in [-0.2, 0) is 9.59 Å². The summed E-state index contributed by atoms with van der Waals surface area (Å²) in [6.45, 7) is 0.235. The van der Waals surface area contributed by atoms with Crippen molar-refractivity contribution in [3.05, 3.63) is 53.1 Å². The van der Waals surface area contributed by atoms with E-state index < -0.39 is 5.92 Å². The summed E-state index contributed by atoms with van der Waals surface area (Å²) in [4.78, 5) is 26.5. The first kappa shape index (κ1) is 17.8. The van der Waals surface area contributed by atoms with E-state index in [1.165, 1.54) is 12.0 Å². The molecule has 0 radical (unpaired) electrons. The minimum atomic E-state index is -0.503. The number of benzene rings is 2. The third-order valence-corrected chi connectivity index (χ3v) is 4.42. The molecule has 1 unspecified atom stereocenters. The van der Waals surface area contributed by atoms with Crippen LogP contribution in [0.4, 0.5) is 11.4 Å². The molecule has 0 saturated carbocycles. The van der Waals surface area contributed by atoms with E-state index >= 15 is 0 Å². The zero-order valence-electron chi connectivity index (χ0n) is 14.0. The Kier molecular flexibility index (Phi) is 5.10. The van der Waals surface area contributed by atoms with Crippen molar-refractivity contribution in [3.8, 4) is 11.8 Å². The lowest BCUT2D eigenvalue weighted by Gasteiger charge is -2.20. The summed E-state index contributed by atoms with van der Waals surface area (Å²) in [5.41, 5.74) is 1.53. The summed E-state index contributed by atoms with van der Waals surface area (Å²) < 4.78 is 5.29. The lowest BCUT2D eigenvalue weighted by molar-refractivity contribution is -0.122. The van der Waals surface area contributed by atoms with Gasteiger partial charge in [-0.3, -0.25) is 9.59 Å². The van der Waals surface area contributed by atoms with Crippen molar-refractivity contribution in [1.29, 1.82) is 5.26 Å². The molecule has 1 N–H and O–H groups in total. The quantitative estimate of drug-likeness (QED) is 0.897. The van der Waals surface area contributed by atoms with Crippen LogP contribution in [0.5, 0.6) is 5.75 Å². The van der Waals surface area contributed by atoms with Crippen molar-refractivity contribution in [3.63, 3.8) is 0 Å². The van der Waals surface area contributed by atoms with Gasteiger partial charge in [0.25, 0.3) is 0 Å². The molecule has 2 amide bonds. The zero-order valence-corrected chi connectivity index (χ0v) is 14.8. The fraction of sp³-hybridized carbons (Fsp3) is 0.211. The molecule has 0 bridgehead atoms. The predicted molar refractivity (Wildman–Crippen MR) is 98.3 cm³/mol. The average Bonchev–Trinajstić information content (AvgIpc) is 3.03. The van der Waals surface area contributed by atoms with Gasteiger partial charge in [-0.25, -0.2) is 0 Å². The van der Waals surface area contributed by atoms with E-state index in [4.69, 9.17) is 21.6 Å². The lowest BCUT2D eigenvalue weighted by atomic mass is 10.1. The molecule has 1 saturated heterocycles. The predicted octanol–water partition coefficient (Wildman–Crippen LogP) is 3.21. The number of rotatable bonds is 4. The van der Waals surface area contributed by atoms with Crippen LogP contribution in [0.3, 0.4) is 0 Å². The van der Waals surface area contributed by atoms with E-state index in [1.807, 2.05) is 6.07 Å². The summed E-state index contributed by atoms with van der Waals surface area (Å²) in [5, 5.41) is 12.2. The topological polar surface area (TPSA) is 82.4 Å². The number of anilines is 2. The van der Waals surface area contributed by atoms with Crippen LogP contribution in [0.2, 0.25) is 5.02 Å². The van der Waals surface area contributed by atoms with Crippen molar-refractivity contribution >= 4 is 34.8 Å². The van der Waals surface area contributed by atoms with Gasteiger partial charge < -0.3 is 15.0 Å². The Balaban J connectivity index is 1.76.